The van der Waals surface area contributed by atoms with Crippen LogP contribution in [0.4, 0.5) is 5.95 Å². The molecule has 1 unspecified atom stereocenters. The Morgan fingerprint density at radius 3 is 2.71 bits per heavy atom. The largest absolute Gasteiger partial charge is 0.391 e. The number of β-amino-alcohol motifs (C(OH)–C–C–N with tert-alkyl or cyclic N) is 1. The van der Waals surface area contributed by atoms with Crippen molar-refractivity contribution < 1.29 is 5.11 Å². The monoisotopic (exact) mass is 235 g/mol. The first kappa shape index (κ1) is 12.3. The summed E-state index contributed by atoms with van der Waals surface area (Å²) < 4.78 is 0. The van der Waals surface area contributed by atoms with Crippen LogP contribution in [0.25, 0.3) is 0 Å². The molecule has 17 heavy (non-hydrogen) atoms. The van der Waals surface area contributed by atoms with Gasteiger partial charge < -0.3 is 10.0 Å². The second kappa shape index (κ2) is 5.45. The van der Waals surface area contributed by atoms with Crippen LogP contribution in [-0.4, -0.2) is 34.3 Å². The zero-order chi connectivity index (χ0) is 12.3. The number of hydrogen-bond acceptors (Lipinski definition) is 4. The zero-order valence-corrected chi connectivity index (χ0v) is 10.6. The molecule has 1 aliphatic rings. The van der Waals surface area contributed by atoms with Gasteiger partial charge in [0, 0.05) is 25.5 Å². The van der Waals surface area contributed by atoms with Crippen molar-refractivity contribution in [1.29, 1.82) is 0 Å². The predicted molar refractivity (Wildman–Crippen MR) is 68.0 cm³/mol. The molecule has 94 valence electrons. The third-order valence-electron chi connectivity index (χ3n) is 3.01. The molecule has 0 aliphatic carbocycles. The van der Waals surface area contributed by atoms with E-state index in [0.29, 0.717) is 12.5 Å². The molecular weight excluding hydrogens is 214 g/mol. The molecule has 0 spiro atoms. The van der Waals surface area contributed by atoms with Crippen molar-refractivity contribution in [3.8, 4) is 0 Å². The summed E-state index contributed by atoms with van der Waals surface area (Å²) in [5.41, 5.74) is 1.18. The Balaban J connectivity index is 2.01. The van der Waals surface area contributed by atoms with Crippen LogP contribution in [0.1, 0.15) is 32.3 Å². The number of aromatic nitrogens is 2. The molecule has 0 radical (unpaired) electrons. The van der Waals surface area contributed by atoms with Gasteiger partial charge in [-0.15, -0.1) is 0 Å². The molecule has 1 aromatic heterocycles. The van der Waals surface area contributed by atoms with Gasteiger partial charge in [-0.05, 0) is 30.7 Å². The van der Waals surface area contributed by atoms with Gasteiger partial charge in [0.1, 0.15) is 0 Å². The van der Waals surface area contributed by atoms with Crippen LogP contribution in [0.2, 0.25) is 0 Å². The molecule has 1 aliphatic heterocycles. The Kier molecular flexibility index (Phi) is 3.94. The zero-order valence-electron chi connectivity index (χ0n) is 10.6. The van der Waals surface area contributed by atoms with Crippen molar-refractivity contribution >= 4 is 5.95 Å². The molecule has 0 bridgehead atoms. The van der Waals surface area contributed by atoms with E-state index in [1.165, 1.54) is 5.56 Å². The summed E-state index contributed by atoms with van der Waals surface area (Å²) in [6.07, 6.45) is 6.50. The van der Waals surface area contributed by atoms with Crippen molar-refractivity contribution in [2.45, 2.75) is 39.2 Å². The maximum absolute atomic E-state index is 9.62. The lowest BCUT2D eigenvalue weighted by Gasteiger charge is -2.29. The molecule has 0 aromatic carbocycles. The van der Waals surface area contributed by atoms with Crippen molar-refractivity contribution in [1.82, 2.24) is 9.97 Å². The Bertz CT molecular complexity index is 350. The summed E-state index contributed by atoms with van der Waals surface area (Å²) in [4.78, 5) is 10.8. The van der Waals surface area contributed by atoms with E-state index < -0.39 is 0 Å². The van der Waals surface area contributed by atoms with Gasteiger partial charge in [-0.2, -0.15) is 0 Å². The average Bonchev–Trinajstić information content (AvgIpc) is 2.29. The molecule has 2 heterocycles. The quantitative estimate of drug-likeness (QED) is 0.865. The van der Waals surface area contributed by atoms with Gasteiger partial charge in [-0.25, -0.2) is 9.97 Å². The van der Waals surface area contributed by atoms with Crippen LogP contribution >= 0.6 is 0 Å². The molecule has 4 heteroatoms. The van der Waals surface area contributed by atoms with E-state index in [9.17, 15) is 5.11 Å². The van der Waals surface area contributed by atoms with Crippen LogP contribution in [0.15, 0.2) is 12.4 Å². The van der Waals surface area contributed by atoms with Gasteiger partial charge in [0.2, 0.25) is 5.95 Å². The minimum Gasteiger partial charge on any atom is -0.391 e. The lowest BCUT2D eigenvalue weighted by Crippen LogP contribution is -2.39. The highest BCUT2D eigenvalue weighted by Crippen LogP contribution is 2.16. The molecule has 4 nitrogen and oxygen atoms in total. The highest BCUT2D eigenvalue weighted by Gasteiger charge is 2.19. The molecule has 1 atom stereocenters. The van der Waals surface area contributed by atoms with Gasteiger partial charge in [0.05, 0.1) is 6.10 Å². The fourth-order valence-electron chi connectivity index (χ4n) is 2.22. The van der Waals surface area contributed by atoms with E-state index in [1.54, 1.807) is 0 Å². The number of aliphatic hydroxyl groups is 1. The topological polar surface area (TPSA) is 49.2 Å². The smallest absolute Gasteiger partial charge is 0.225 e. The molecule has 1 N–H and O–H groups in total. The van der Waals surface area contributed by atoms with Crippen LogP contribution in [0.5, 0.6) is 0 Å². The standard InChI is InChI=1S/C13H21N3O/c1-10(2)6-11-7-14-13(15-8-11)16-5-3-4-12(17)9-16/h7-8,10,12,17H,3-6,9H2,1-2H3. The maximum atomic E-state index is 9.62. The van der Waals surface area contributed by atoms with E-state index in [1.807, 2.05) is 12.4 Å². The van der Waals surface area contributed by atoms with Gasteiger partial charge in [-0.3, -0.25) is 0 Å². The predicted octanol–water partition coefficient (Wildman–Crippen LogP) is 1.64. The summed E-state index contributed by atoms with van der Waals surface area (Å²) >= 11 is 0. The van der Waals surface area contributed by atoms with Gasteiger partial charge >= 0.3 is 0 Å². The molecule has 0 amide bonds. The van der Waals surface area contributed by atoms with Crippen molar-refractivity contribution in [3.63, 3.8) is 0 Å². The Morgan fingerprint density at radius 1 is 1.41 bits per heavy atom. The van der Waals surface area contributed by atoms with E-state index in [-0.39, 0.29) is 6.10 Å². The summed E-state index contributed by atoms with van der Waals surface area (Å²) in [6, 6.07) is 0. The van der Waals surface area contributed by atoms with Crippen molar-refractivity contribution in [2.75, 3.05) is 18.0 Å². The maximum Gasteiger partial charge on any atom is 0.225 e. The van der Waals surface area contributed by atoms with E-state index >= 15 is 0 Å². The number of piperidine rings is 1. The normalized spacial score (nSPS) is 20.9. The summed E-state index contributed by atoms with van der Waals surface area (Å²) in [7, 11) is 0. The molecule has 1 aromatic rings. The number of aliphatic hydroxyl groups excluding tert-OH is 1. The van der Waals surface area contributed by atoms with E-state index in [4.69, 9.17) is 0 Å². The first-order valence-corrected chi connectivity index (χ1v) is 6.39. The van der Waals surface area contributed by atoms with Crippen LogP contribution in [0.3, 0.4) is 0 Å². The second-order valence-corrected chi connectivity index (χ2v) is 5.23. The van der Waals surface area contributed by atoms with Crippen molar-refractivity contribution in [3.05, 3.63) is 18.0 Å². The lowest BCUT2D eigenvalue weighted by atomic mass is 10.1. The number of rotatable bonds is 3. The lowest BCUT2D eigenvalue weighted by molar-refractivity contribution is 0.153. The van der Waals surface area contributed by atoms with Gasteiger partial charge in [0.15, 0.2) is 0 Å². The van der Waals surface area contributed by atoms with E-state index in [2.05, 4.69) is 28.7 Å². The molecule has 1 saturated heterocycles. The molecule has 0 saturated carbocycles. The Morgan fingerprint density at radius 2 is 2.12 bits per heavy atom. The van der Waals surface area contributed by atoms with Gasteiger partial charge in [0.25, 0.3) is 0 Å². The Labute approximate surface area is 103 Å². The fraction of sp³-hybridized carbons (Fsp3) is 0.692. The molecule has 2 rings (SSSR count). The SMILES string of the molecule is CC(C)Cc1cnc(N2CCCC(O)C2)nc1. The molecule has 1 fully saturated rings. The minimum atomic E-state index is -0.234. The molecular formula is C13H21N3O. The van der Waals surface area contributed by atoms with Gasteiger partial charge in [-0.1, -0.05) is 13.8 Å². The highest BCUT2D eigenvalue weighted by molar-refractivity contribution is 5.30. The Hall–Kier alpha value is -1.16. The summed E-state index contributed by atoms with van der Waals surface area (Å²) in [5.74, 6) is 1.37. The summed E-state index contributed by atoms with van der Waals surface area (Å²) in [6.45, 7) is 5.98. The minimum absolute atomic E-state index is 0.234. The number of hydrogen-bond donors (Lipinski definition) is 1. The second-order valence-electron chi connectivity index (χ2n) is 5.23. The number of anilines is 1. The van der Waals surface area contributed by atoms with Crippen LogP contribution < -0.4 is 4.90 Å². The van der Waals surface area contributed by atoms with Crippen LogP contribution in [-0.2, 0) is 6.42 Å². The van der Waals surface area contributed by atoms with Crippen molar-refractivity contribution in [2.24, 2.45) is 5.92 Å². The fourth-order valence-corrected chi connectivity index (χ4v) is 2.22. The van der Waals surface area contributed by atoms with E-state index in [0.717, 1.165) is 31.8 Å². The highest BCUT2D eigenvalue weighted by atomic mass is 16.3. The van der Waals surface area contributed by atoms with Crippen LogP contribution in [0, 0.1) is 5.92 Å². The third-order valence-corrected chi connectivity index (χ3v) is 3.01. The summed E-state index contributed by atoms with van der Waals surface area (Å²) in [5, 5.41) is 9.62. The first-order chi connectivity index (χ1) is 8.15. The number of nitrogens with zero attached hydrogens (tertiary/aromatic N) is 3. The average molecular weight is 235 g/mol. The first-order valence-electron chi connectivity index (χ1n) is 6.39. The third kappa shape index (κ3) is 3.40.